The van der Waals surface area contributed by atoms with Crippen LogP contribution in [0.15, 0.2) is 29.6 Å². The summed E-state index contributed by atoms with van der Waals surface area (Å²) in [7, 11) is 0. The Kier molecular flexibility index (Phi) is 5.50. The average molecular weight is 383 g/mol. The summed E-state index contributed by atoms with van der Waals surface area (Å²) in [6, 6.07) is 4.97. The molecular formula is C18H20F3N3OS. The summed E-state index contributed by atoms with van der Waals surface area (Å²) in [6.45, 7) is 3.74. The van der Waals surface area contributed by atoms with E-state index in [4.69, 9.17) is 0 Å². The summed E-state index contributed by atoms with van der Waals surface area (Å²) in [5.41, 5.74) is 0.235. The van der Waals surface area contributed by atoms with Crippen molar-refractivity contribution in [2.75, 3.05) is 18.4 Å². The van der Waals surface area contributed by atoms with Crippen molar-refractivity contribution in [1.82, 2.24) is 9.88 Å². The maximum Gasteiger partial charge on any atom is 0.416 e. The number of nitrogens with zero attached hydrogens (tertiary/aromatic N) is 2. The van der Waals surface area contributed by atoms with Crippen molar-refractivity contribution in [3.63, 3.8) is 0 Å². The van der Waals surface area contributed by atoms with Gasteiger partial charge in [0.05, 0.1) is 17.7 Å². The van der Waals surface area contributed by atoms with Crippen LogP contribution >= 0.6 is 11.3 Å². The molecule has 140 valence electrons. The lowest BCUT2D eigenvalue weighted by Gasteiger charge is -2.30. The first-order valence-electron chi connectivity index (χ1n) is 8.48. The molecule has 0 saturated carbocycles. The Bertz CT molecular complexity index is 767. The zero-order valence-corrected chi connectivity index (χ0v) is 15.2. The molecule has 1 aliphatic heterocycles. The molecule has 4 nitrogen and oxygen atoms in total. The summed E-state index contributed by atoms with van der Waals surface area (Å²) < 4.78 is 38.3. The van der Waals surface area contributed by atoms with Gasteiger partial charge in [-0.3, -0.25) is 4.79 Å². The Labute approximate surface area is 154 Å². The Balaban J connectivity index is 1.61. The van der Waals surface area contributed by atoms with Crippen LogP contribution in [0.25, 0.3) is 0 Å². The maximum atomic E-state index is 12.8. The number of hydrogen-bond donors (Lipinski definition) is 1. The van der Waals surface area contributed by atoms with E-state index in [1.54, 1.807) is 11.4 Å². The van der Waals surface area contributed by atoms with E-state index >= 15 is 0 Å². The van der Waals surface area contributed by atoms with Crippen LogP contribution in [0.2, 0.25) is 0 Å². The summed E-state index contributed by atoms with van der Waals surface area (Å²) in [5, 5.41) is 5.11. The second-order valence-electron chi connectivity index (χ2n) is 6.59. The molecule has 8 heteroatoms. The second-order valence-corrected chi connectivity index (χ2v) is 7.45. The van der Waals surface area contributed by atoms with Crippen molar-refractivity contribution in [3.8, 4) is 0 Å². The molecule has 0 radical (unpaired) electrons. The molecule has 1 aromatic heterocycles. The van der Waals surface area contributed by atoms with Gasteiger partial charge in [0.2, 0.25) is 5.91 Å². The number of piperidine rings is 1. The molecule has 0 atom stereocenters. The minimum absolute atomic E-state index is 0.0489. The van der Waals surface area contributed by atoms with Crippen LogP contribution in [0.3, 0.4) is 0 Å². The zero-order chi connectivity index (χ0) is 18.7. The fraction of sp³-hybridized carbons (Fsp3) is 0.444. The molecule has 0 aliphatic carbocycles. The number of thiazole rings is 1. The monoisotopic (exact) mass is 383 g/mol. The largest absolute Gasteiger partial charge is 0.416 e. The number of benzene rings is 1. The van der Waals surface area contributed by atoms with Crippen molar-refractivity contribution in [1.29, 1.82) is 0 Å². The number of likely N-dealkylation sites (tertiary alicyclic amines) is 1. The van der Waals surface area contributed by atoms with E-state index in [1.165, 1.54) is 17.4 Å². The predicted molar refractivity (Wildman–Crippen MR) is 95.5 cm³/mol. The molecule has 26 heavy (non-hydrogen) atoms. The van der Waals surface area contributed by atoms with Gasteiger partial charge in [0.25, 0.3) is 0 Å². The number of carbonyl (C=O) groups is 1. The van der Waals surface area contributed by atoms with E-state index in [0.29, 0.717) is 22.4 Å². The molecule has 3 rings (SSSR count). The lowest BCUT2D eigenvalue weighted by molar-refractivity contribution is -0.137. The highest BCUT2D eigenvalue weighted by Gasteiger charge is 2.30. The van der Waals surface area contributed by atoms with Crippen LogP contribution in [0, 0.1) is 5.92 Å². The Morgan fingerprint density at radius 1 is 1.35 bits per heavy atom. The second kappa shape index (κ2) is 7.65. The number of anilines is 2. The van der Waals surface area contributed by atoms with Crippen molar-refractivity contribution in [2.24, 2.45) is 5.92 Å². The van der Waals surface area contributed by atoms with E-state index in [1.807, 2.05) is 4.90 Å². The maximum absolute atomic E-state index is 12.8. The number of carbonyl (C=O) groups excluding carboxylic acids is 1. The number of aromatic nitrogens is 1. The fourth-order valence-corrected chi connectivity index (χ4v) is 3.60. The summed E-state index contributed by atoms with van der Waals surface area (Å²) in [4.78, 5) is 18.5. The van der Waals surface area contributed by atoms with Gasteiger partial charge >= 0.3 is 6.18 Å². The van der Waals surface area contributed by atoms with E-state index in [0.717, 1.165) is 38.1 Å². The number of hydrogen-bond acceptors (Lipinski definition) is 4. The number of amides is 1. The van der Waals surface area contributed by atoms with Crippen molar-refractivity contribution in [3.05, 3.63) is 40.9 Å². The minimum Gasteiger partial charge on any atom is -0.342 e. The molecule has 2 heterocycles. The number of halogens is 3. The minimum atomic E-state index is -4.38. The SMILES string of the molecule is CC1CCN(C(=O)Cc2csc(Nc3cccc(C(F)(F)F)c3)n2)CC1. The summed E-state index contributed by atoms with van der Waals surface area (Å²) in [6.07, 6.45) is -2.13. The van der Waals surface area contributed by atoms with Crippen LogP contribution < -0.4 is 5.32 Å². The normalized spacial score (nSPS) is 15.9. The molecule has 0 bridgehead atoms. The smallest absolute Gasteiger partial charge is 0.342 e. The van der Waals surface area contributed by atoms with Gasteiger partial charge in [-0.2, -0.15) is 13.2 Å². The topological polar surface area (TPSA) is 45.2 Å². The van der Waals surface area contributed by atoms with Crippen molar-refractivity contribution in [2.45, 2.75) is 32.4 Å². The zero-order valence-electron chi connectivity index (χ0n) is 14.3. The molecule has 1 fully saturated rings. The van der Waals surface area contributed by atoms with Gasteiger partial charge in [-0.05, 0) is 37.0 Å². The van der Waals surface area contributed by atoms with Crippen LogP contribution in [-0.2, 0) is 17.4 Å². The van der Waals surface area contributed by atoms with Gasteiger partial charge in [0.15, 0.2) is 5.13 Å². The number of rotatable bonds is 4. The molecule has 1 saturated heterocycles. The van der Waals surface area contributed by atoms with E-state index in [-0.39, 0.29) is 12.3 Å². The first kappa shape index (κ1) is 18.7. The van der Waals surface area contributed by atoms with Gasteiger partial charge in [-0.25, -0.2) is 4.98 Å². The number of nitrogens with one attached hydrogen (secondary N) is 1. The van der Waals surface area contributed by atoms with Crippen LogP contribution in [-0.4, -0.2) is 28.9 Å². The number of alkyl halides is 3. The quantitative estimate of drug-likeness (QED) is 0.832. The predicted octanol–water partition coefficient (Wildman–Crippen LogP) is 4.71. The summed E-state index contributed by atoms with van der Waals surface area (Å²) in [5.74, 6) is 0.703. The Hall–Kier alpha value is -2.09. The lowest BCUT2D eigenvalue weighted by Crippen LogP contribution is -2.38. The van der Waals surface area contributed by atoms with Gasteiger partial charge in [-0.15, -0.1) is 11.3 Å². The Morgan fingerprint density at radius 2 is 2.08 bits per heavy atom. The molecule has 0 unspecified atom stereocenters. The van der Waals surface area contributed by atoms with Crippen LogP contribution in [0.4, 0.5) is 24.0 Å². The fourth-order valence-electron chi connectivity index (χ4n) is 2.87. The lowest BCUT2D eigenvalue weighted by atomic mass is 9.99. The highest BCUT2D eigenvalue weighted by molar-refractivity contribution is 7.13. The molecule has 1 N–H and O–H groups in total. The van der Waals surface area contributed by atoms with Gasteiger partial charge < -0.3 is 10.2 Å². The first-order chi connectivity index (χ1) is 12.3. The van der Waals surface area contributed by atoms with Crippen molar-refractivity contribution < 1.29 is 18.0 Å². The molecular weight excluding hydrogens is 363 g/mol. The van der Waals surface area contributed by atoms with E-state index < -0.39 is 11.7 Å². The van der Waals surface area contributed by atoms with Gasteiger partial charge in [-0.1, -0.05) is 13.0 Å². The third kappa shape index (κ3) is 4.75. The summed E-state index contributed by atoms with van der Waals surface area (Å²) >= 11 is 1.27. The van der Waals surface area contributed by atoms with Crippen LogP contribution in [0.1, 0.15) is 31.0 Å². The molecule has 2 aromatic rings. The molecule has 1 aliphatic rings. The van der Waals surface area contributed by atoms with E-state index in [2.05, 4.69) is 17.2 Å². The Morgan fingerprint density at radius 3 is 2.77 bits per heavy atom. The highest BCUT2D eigenvalue weighted by Crippen LogP contribution is 2.31. The third-order valence-corrected chi connectivity index (χ3v) is 5.27. The molecule has 1 aromatic carbocycles. The van der Waals surface area contributed by atoms with Crippen molar-refractivity contribution >= 4 is 28.1 Å². The first-order valence-corrected chi connectivity index (χ1v) is 9.35. The molecule has 0 spiro atoms. The van der Waals surface area contributed by atoms with Gasteiger partial charge in [0, 0.05) is 24.2 Å². The van der Waals surface area contributed by atoms with Crippen LogP contribution in [0.5, 0.6) is 0 Å². The standard InChI is InChI=1S/C18H20F3N3OS/c1-12-5-7-24(8-6-12)16(25)10-15-11-26-17(23-15)22-14-4-2-3-13(9-14)18(19,20)21/h2-4,9,11-12H,5-8,10H2,1H3,(H,22,23). The van der Waals surface area contributed by atoms with E-state index in [9.17, 15) is 18.0 Å². The molecule has 1 amide bonds. The van der Waals surface area contributed by atoms with Gasteiger partial charge in [0.1, 0.15) is 0 Å². The average Bonchev–Trinajstić information content (AvgIpc) is 3.02. The third-order valence-electron chi connectivity index (χ3n) is 4.46. The highest BCUT2D eigenvalue weighted by atomic mass is 32.1.